The number of amides is 3. The minimum atomic E-state index is -0.608. The van der Waals surface area contributed by atoms with Crippen LogP contribution in [0.4, 0.5) is 10.5 Å². The van der Waals surface area contributed by atoms with Crippen LogP contribution in [0, 0.1) is 6.92 Å². The third kappa shape index (κ3) is 5.49. The number of carbonyl (C=O) groups is 2. The lowest BCUT2D eigenvalue weighted by Gasteiger charge is -2.09. The molecule has 1 heterocycles. The van der Waals surface area contributed by atoms with Crippen LogP contribution < -0.4 is 15.4 Å². The molecule has 1 aromatic heterocycles. The summed E-state index contributed by atoms with van der Waals surface area (Å²) in [5.41, 5.74) is 2.37. The van der Waals surface area contributed by atoms with Gasteiger partial charge in [0.1, 0.15) is 18.4 Å². The molecule has 2 N–H and O–H groups in total. The standard InChI is InChI=1S/C19H18N6O3/c1-14-4-2-3-5-17(14)23-19(27)24-18(26)11-28-16-8-6-15(7-9-16)10-22-25-12-20-21-13-25/h2-10,12-13H,11H2,1H3,(H2,23,24,26,27). The van der Waals surface area contributed by atoms with E-state index >= 15 is 0 Å². The van der Waals surface area contributed by atoms with Crippen LogP contribution in [0.3, 0.4) is 0 Å². The molecular weight excluding hydrogens is 360 g/mol. The number of hydrogen-bond donors (Lipinski definition) is 2. The molecule has 0 fully saturated rings. The number of imide groups is 1. The summed E-state index contributed by atoms with van der Waals surface area (Å²) in [4.78, 5) is 23.7. The highest BCUT2D eigenvalue weighted by atomic mass is 16.5. The number of aromatic nitrogens is 3. The molecule has 142 valence electrons. The van der Waals surface area contributed by atoms with E-state index in [9.17, 15) is 9.59 Å². The lowest BCUT2D eigenvalue weighted by molar-refractivity contribution is -0.121. The minimum absolute atomic E-state index is 0.282. The monoisotopic (exact) mass is 378 g/mol. The summed E-state index contributed by atoms with van der Waals surface area (Å²) >= 11 is 0. The molecule has 0 aliphatic heterocycles. The highest BCUT2D eigenvalue weighted by molar-refractivity contribution is 6.01. The largest absolute Gasteiger partial charge is 0.484 e. The zero-order valence-corrected chi connectivity index (χ0v) is 15.1. The van der Waals surface area contributed by atoms with E-state index in [1.165, 1.54) is 17.3 Å². The zero-order valence-electron chi connectivity index (χ0n) is 15.1. The van der Waals surface area contributed by atoms with Gasteiger partial charge in [0.15, 0.2) is 6.61 Å². The number of carbonyl (C=O) groups excluding carboxylic acids is 2. The first-order chi connectivity index (χ1) is 13.6. The molecular formula is C19H18N6O3. The number of para-hydroxylation sites is 1. The Labute approximate surface area is 161 Å². The number of benzene rings is 2. The van der Waals surface area contributed by atoms with Crippen molar-refractivity contribution in [2.24, 2.45) is 5.10 Å². The first-order valence-corrected chi connectivity index (χ1v) is 8.38. The van der Waals surface area contributed by atoms with E-state index in [1.54, 1.807) is 42.6 Å². The van der Waals surface area contributed by atoms with Gasteiger partial charge in [-0.1, -0.05) is 18.2 Å². The van der Waals surface area contributed by atoms with Crippen molar-refractivity contribution in [2.45, 2.75) is 6.92 Å². The van der Waals surface area contributed by atoms with Crippen LogP contribution in [0.25, 0.3) is 0 Å². The Morgan fingerprint density at radius 1 is 1.11 bits per heavy atom. The van der Waals surface area contributed by atoms with Crippen molar-refractivity contribution in [3.8, 4) is 5.75 Å². The molecule has 3 rings (SSSR count). The van der Waals surface area contributed by atoms with Gasteiger partial charge in [-0.15, -0.1) is 10.2 Å². The average Bonchev–Trinajstić information content (AvgIpc) is 3.21. The van der Waals surface area contributed by atoms with Gasteiger partial charge < -0.3 is 10.1 Å². The van der Waals surface area contributed by atoms with Crippen LogP contribution in [0.2, 0.25) is 0 Å². The summed E-state index contributed by atoms with van der Waals surface area (Å²) in [6, 6.07) is 13.6. The van der Waals surface area contributed by atoms with Gasteiger partial charge in [-0.3, -0.25) is 10.1 Å². The van der Waals surface area contributed by atoms with Gasteiger partial charge in [0.05, 0.1) is 6.21 Å². The maximum absolute atomic E-state index is 11.9. The summed E-state index contributed by atoms with van der Waals surface area (Å²) in [5.74, 6) is -0.0553. The predicted molar refractivity (Wildman–Crippen MR) is 103 cm³/mol. The zero-order chi connectivity index (χ0) is 19.8. The molecule has 3 amide bonds. The van der Waals surface area contributed by atoms with Gasteiger partial charge in [0.2, 0.25) is 0 Å². The van der Waals surface area contributed by atoms with E-state index in [-0.39, 0.29) is 6.61 Å². The van der Waals surface area contributed by atoms with E-state index in [1.807, 2.05) is 19.1 Å². The smallest absolute Gasteiger partial charge is 0.325 e. The van der Waals surface area contributed by atoms with Crippen molar-refractivity contribution in [1.29, 1.82) is 0 Å². The molecule has 28 heavy (non-hydrogen) atoms. The number of nitrogens with one attached hydrogen (secondary N) is 2. The lowest BCUT2D eigenvalue weighted by Crippen LogP contribution is -2.37. The molecule has 0 aliphatic carbocycles. The summed E-state index contributed by atoms with van der Waals surface area (Å²) in [6.45, 7) is 1.58. The summed E-state index contributed by atoms with van der Waals surface area (Å²) in [5, 5.41) is 16.3. The minimum Gasteiger partial charge on any atom is -0.484 e. The summed E-state index contributed by atoms with van der Waals surface area (Å²) in [6.07, 6.45) is 4.58. The number of hydrogen-bond acceptors (Lipinski definition) is 6. The van der Waals surface area contributed by atoms with Crippen molar-refractivity contribution < 1.29 is 14.3 Å². The number of aryl methyl sites for hydroxylation is 1. The maximum Gasteiger partial charge on any atom is 0.325 e. The Morgan fingerprint density at radius 3 is 2.54 bits per heavy atom. The van der Waals surface area contributed by atoms with Crippen LogP contribution in [-0.2, 0) is 4.79 Å². The molecule has 3 aromatic rings. The first-order valence-electron chi connectivity index (χ1n) is 8.38. The van der Waals surface area contributed by atoms with Crippen LogP contribution in [0.1, 0.15) is 11.1 Å². The fourth-order valence-electron chi connectivity index (χ4n) is 2.22. The molecule has 0 atom stereocenters. The highest BCUT2D eigenvalue weighted by Gasteiger charge is 2.09. The Morgan fingerprint density at radius 2 is 1.82 bits per heavy atom. The van der Waals surface area contributed by atoms with Crippen LogP contribution in [0.15, 0.2) is 66.3 Å². The van der Waals surface area contributed by atoms with E-state index in [0.29, 0.717) is 11.4 Å². The number of nitrogens with zero attached hydrogens (tertiary/aromatic N) is 4. The SMILES string of the molecule is Cc1ccccc1NC(=O)NC(=O)COc1ccc(C=Nn2cnnc2)cc1. The van der Waals surface area contributed by atoms with Crippen molar-refractivity contribution in [1.82, 2.24) is 20.2 Å². The third-order valence-corrected chi connectivity index (χ3v) is 3.64. The van der Waals surface area contributed by atoms with E-state index in [0.717, 1.165) is 11.1 Å². The number of anilines is 1. The Bertz CT molecular complexity index is 968. The Balaban J connectivity index is 1.45. The maximum atomic E-state index is 11.9. The molecule has 0 saturated carbocycles. The molecule has 0 spiro atoms. The molecule has 0 saturated heterocycles. The number of ether oxygens (including phenoxy) is 1. The van der Waals surface area contributed by atoms with Gasteiger partial charge in [-0.2, -0.15) is 5.10 Å². The average molecular weight is 378 g/mol. The molecule has 9 heteroatoms. The second-order valence-electron chi connectivity index (χ2n) is 5.76. The predicted octanol–water partition coefficient (Wildman–Crippen LogP) is 2.20. The van der Waals surface area contributed by atoms with Gasteiger partial charge in [-0.05, 0) is 48.4 Å². The Kier molecular flexibility index (Phi) is 6.09. The molecule has 0 bridgehead atoms. The molecule has 9 nitrogen and oxygen atoms in total. The van der Waals surface area contributed by atoms with Gasteiger partial charge in [-0.25, -0.2) is 9.47 Å². The summed E-state index contributed by atoms with van der Waals surface area (Å²) < 4.78 is 6.86. The quantitative estimate of drug-likeness (QED) is 0.639. The second-order valence-corrected chi connectivity index (χ2v) is 5.76. The van der Waals surface area contributed by atoms with Gasteiger partial charge in [0, 0.05) is 5.69 Å². The second kappa shape index (κ2) is 9.08. The van der Waals surface area contributed by atoms with Crippen LogP contribution in [0.5, 0.6) is 5.75 Å². The third-order valence-electron chi connectivity index (χ3n) is 3.64. The first kappa shape index (κ1) is 18.8. The lowest BCUT2D eigenvalue weighted by atomic mass is 10.2. The highest BCUT2D eigenvalue weighted by Crippen LogP contribution is 2.13. The number of rotatable bonds is 6. The van der Waals surface area contributed by atoms with E-state index < -0.39 is 11.9 Å². The molecule has 2 aromatic carbocycles. The van der Waals surface area contributed by atoms with E-state index in [2.05, 4.69) is 25.9 Å². The van der Waals surface area contributed by atoms with Crippen molar-refractivity contribution in [3.63, 3.8) is 0 Å². The molecule has 0 aliphatic rings. The molecule has 0 unspecified atom stereocenters. The topological polar surface area (TPSA) is 110 Å². The van der Waals surface area contributed by atoms with Crippen LogP contribution >= 0.6 is 0 Å². The number of urea groups is 1. The normalized spacial score (nSPS) is 10.6. The Hall–Kier alpha value is -4.01. The van der Waals surface area contributed by atoms with Gasteiger partial charge >= 0.3 is 6.03 Å². The fourth-order valence-corrected chi connectivity index (χ4v) is 2.22. The summed E-state index contributed by atoms with van der Waals surface area (Å²) in [7, 11) is 0. The molecule has 0 radical (unpaired) electrons. The van der Waals surface area contributed by atoms with Gasteiger partial charge in [0.25, 0.3) is 5.91 Å². The van der Waals surface area contributed by atoms with Crippen LogP contribution in [-0.4, -0.2) is 39.6 Å². The van der Waals surface area contributed by atoms with Crippen molar-refractivity contribution >= 4 is 23.8 Å². The van der Waals surface area contributed by atoms with E-state index in [4.69, 9.17) is 4.74 Å². The fraction of sp³-hybridized carbons (Fsp3) is 0.105. The van der Waals surface area contributed by atoms with Crippen molar-refractivity contribution in [3.05, 3.63) is 72.3 Å². The van der Waals surface area contributed by atoms with Crippen molar-refractivity contribution in [2.75, 3.05) is 11.9 Å².